The molecule has 1 heterocycles. The van der Waals surface area contributed by atoms with Crippen LogP contribution in [0.25, 0.3) is 22.3 Å². The van der Waals surface area contributed by atoms with Crippen molar-refractivity contribution in [3.63, 3.8) is 0 Å². The highest BCUT2D eigenvalue weighted by atomic mass is 35.5. The van der Waals surface area contributed by atoms with E-state index in [1.165, 1.54) is 6.07 Å². The molecular formula is C18H18Cl2N4O. The van der Waals surface area contributed by atoms with Crippen LogP contribution in [0.3, 0.4) is 0 Å². The number of fused-ring (bicyclic) bond motifs is 1. The summed E-state index contributed by atoms with van der Waals surface area (Å²) in [6, 6.07) is 10.7. The van der Waals surface area contributed by atoms with E-state index >= 15 is 0 Å². The van der Waals surface area contributed by atoms with Crippen LogP contribution in [0.2, 0.25) is 10.0 Å². The van der Waals surface area contributed by atoms with Gasteiger partial charge in [-0.1, -0.05) is 42.3 Å². The molecule has 1 unspecified atom stereocenters. The molecular weight excluding hydrogens is 359 g/mol. The average molecular weight is 377 g/mol. The van der Waals surface area contributed by atoms with Crippen LogP contribution in [-0.2, 0) is 0 Å². The first-order valence-electron chi connectivity index (χ1n) is 7.94. The number of halogens is 2. The molecule has 7 heteroatoms. The average Bonchev–Trinajstić information content (AvgIpc) is 2.62. The number of nitrogens with zero attached hydrogens (tertiary/aromatic N) is 2. The fourth-order valence-electron chi connectivity index (χ4n) is 2.44. The summed E-state index contributed by atoms with van der Waals surface area (Å²) >= 11 is 12.1. The second-order valence-electron chi connectivity index (χ2n) is 5.75. The SMILES string of the molecule is CCC(N)CNc1nc(-c2cc(Cl)cc(Cl)c2O)nc2ccccc12. The Hall–Kier alpha value is -2.08. The van der Waals surface area contributed by atoms with Crippen LogP contribution >= 0.6 is 23.2 Å². The molecule has 2 aromatic carbocycles. The highest BCUT2D eigenvalue weighted by Crippen LogP contribution is 2.37. The number of aromatic hydroxyl groups is 1. The largest absolute Gasteiger partial charge is 0.506 e. The van der Waals surface area contributed by atoms with Crippen molar-refractivity contribution in [1.29, 1.82) is 0 Å². The predicted octanol–water partition coefficient (Wildman–Crippen LogP) is 4.46. The molecule has 25 heavy (non-hydrogen) atoms. The van der Waals surface area contributed by atoms with Crippen molar-refractivity contribution >= 4 is 39.9 Å². The molecule has 3 rings (SSSR count). The summed E-state index contributed by atoms with van der Waals surface area (Å²) in [6.07, 6.45) is 0.855. The Labute approximate surface area is 155 Å². The van der Waals surface area contributed by atoms with E-state index in [0.29, 0.717) is 28.8 Å². The number of nitrogens with one attached hydrogen (secondary N) is 1. The fraction of sp³-hybridized carbons (Fsp3) is 0.222. The number of phenolic OH excluding ortho intramolecular Hbond substituents is 1. The maximum Gasteiger partial charge on any atom is 0.165 e. The number of hydrogen-bond acceptors (Lipinski definition) is 5. The van der Waals surface area contributed by atoms with Crippen molar-refractivity contribution in [3.8, 4) is 17.1 Å². The third kappa shape index (κ3) is 3.79. The standard InChI is InChI=1S/C18H18Cl2N4O/c1-2-11(21)9-22-17-12-5-3-4-6-15(12)23-18(24-17)13-7-10(19)8-14(20)16(13)25/h3-8,11,25H,2,9,21H2,1H3,(H,22,23,24). The van der Waals surface area contributed by atoms with E-state index in [-0.39, 0.29) is 16.8 Å². The van der Waals surface area contributed by atoms with Crippen molar-refractivity contribution in [2.45, 2.75) is 19.4 Å². The van der Waals surface area contributed by atoms with Crippen molar-refractivity contribution in [3.05, 3.63) is 46.4 Å². The van der Waals surface area contributed by atoms with E-state index in [1.807, 2.05) is 31.2 Å². The Morgan fingerprint density at radius 1 is 1.20 bits per heavy atom. The highest BCUT2D eigenvalue weighted by Gasteiger charge is 2.15. The summed E-state index contributed by atoms with van der Waals surface area (Å²) in [5.74, 6) is 0.894. The summed E-state index contributed by atoms with van der Waals surface area (Å²) in [4.78, 5) is 9.10. The second-order valence-corrected chi connectivity index (χ2v) is 6.59. The Balaban J connectivity index is 2.14. The molecule has 0 radical (unpaired) electrons. The van der Waals surface area contributed by atoms with E-state index in [2.05, 4.69) is 15.3 Å². The van der Waals surface area contributed by atoms with E-state index in [0.717, 1.165) is 17.3 Å². The molecule has 0 amide bonds. The molecule has 130 valence electrons. The third-order valence-electron chi connectivity index (χ3n) is 3.93. The van der Waals surface area contributed by atoms with Crippen molar-refractivity contribution in [2.24, 2.45) is 5.73 Å². The molecule has 0 saturated heterocycles. The van der Waals surface area contributed by atoms with Gasteiger partial charge in [-0.05, 0) is 30.7 Å². The first-order chi connectivity index (χ1) is 12.0. The number of hydrogen-bond donors (Lipinski definition) is 3. The number of benzene rings is 2. The van der Waals surface area contributed by atoms with Crippen LogP contribution in [0.1, 0.15) is 13.3 Å². The van der Waals surface area contributed by atoms with Gasteiger partial charge in [0, 0.05) is 23.0 Å². The Kier molecular flexibility index (Phi) is 5.27. The zero-order chi connectivity index (χ0) is 18.0. The first-order valence-corrected chi connectivity index (χ1v) is 8.69. The maximum atomic E-state index is 10.3. The number of para-hydroxylation sites is 1. The van der Waals surface area contributed by atoms with Gasteiger partial charge in [-0.25, -0.2) is 9.97 Å². The van der Waals surface area contributed by atoms with Crippen LogP contribution in [0.5, 0.6) is 5.75 Å². The lowest BCUT2D eigenvalue weighted by Gasteiger charge is -2.14. The zero-order valence-electron chi connectivity index (χ0n) is 13.6. The topological polar surface area (TPSA) is 84.1 Å². The van der Waals surface area contributed by atoms with Crippen molar-refractivity contribution in [1.82, 2.24) is 9.97 Å². The minimum atomic E-state index is -0.0995. The smallest absolute Gasteiger partial charge is 0.165 e. The fourth-order valence-corrected chi connectivity index (χ4v) is 2.93. The summed E-state index contributed by atoms with van der Waals surface area (Å²) in [5, 5.41) is 15.0. The lowest BCUT2D eigenvalue weighted by molar-refractivity contribution is 0.477. The van der Waals surface area contributed by atoms with Gasteiger partial charge in [0.15, 0.2) is 5.82 Å². The van der Waals surface area contributed by atoms with Crippen LogP contribution in [-0.4, -0.2) is 27.7 Å². The molecule has 0 aliphatic carbocycles. The lowest BCUT2D eigenvalue weighted by Crippen LogP contribution is -2.28. The molecule has 1 aromatic heterocycles. The Bertz CT molecular complexity index is 917. The number of aromatic nitrogens is 2. The minimum Gasteiger partial charge on any atom is -0.506 e. The lowest BCUT2D eigenvalue weighted by atomic mass is 10.1. The van der Waals surface area contributed by atoms with Crippen molar-refractivity contribution in [2.75, 3.05) is 11.9 Å². The molecule has 0 saturated carbocycles. The first kappa shape index (κ1) is 17.7. The molecule has 4 N–H and O–H groups in total. The predicted molar refractivity (Wildman–Crippen MR) is 103 cm³/mol. The zero-order valence-corrected chi connectivity index (χ0v) is 15.1. The number of nitrogens with two attached hydrogens (primary N) is 1. The molecule has 0 aliphatic heterocycles. The molecule has 0 fully saturated rings. The van der Waals surface area contributed by atoms with Crippen LogP contribution in [0, 0.1) is 0 Å². The van der Waals surface area contributed by atoms with E-state index in [4.69, 9.17) is 28.9 Å². The van der Waals surface area contributed by atoms with Gasteiger partial charge in [0.1, 0.15) is 11.6 Å². The second kappa shape index (κ2) is 7.44. The van der Waals surface area contributed by atoms with Gasteiger partial charge in [0.05, 0.1) is 16.1 Å². The van der Waals surface area contributed by atoms with E-state index in [1.54, 1.807) is 6.07 Å². The number of phenols is 1. The third-order valence-corrected chi connectivity index (χ3v) is 4.43. The van der Waals surface area contributed by atoms with Gasteiger partial charge in [-0.3, -0.25) is 0 Å². The molecule has 0 aliphatic rings. The van der Waals surface area contributed by atoms with Crippen LogP contribution < -0.4 is 11.1 Å². The van der Waals surface area contributed by atoms with Gasteiger partial charge in [0.25, 0.3) is 0 Å². The summed E-state index contributed by atoms with van der Waals surface area (Å²) in [7, 11) is 0. The summed E-state index contributed by atoms with van der Waals surface area (Å²) in [6.45, 7) is 2.61. The number of rotatable bonds is 5. The monoisotopic (exact) mass is 376 g/mol. The highest BCUT2D eigenvalue weighted by molar-refractivity contribution is 6.36. The maximum absolute atomic E-state index is 10.3. The number of anilines is 1. The molecule has 1 atom stereocenters. The molecule has 0 bridgehead atoms. The molecule has 5 nitrogen and oxygen atoms in total. The Morgan fingerprint density at radius 2 is 1.96 bits per heavy atom. The summed E-state index contributed by atoms with van der Waals surface area (Å²) in [5.41, 5.74) is 7.12. The quantitative estimate of drug-likeness (QED) is 0.612. The summed E-state index contributed by atoms with van der Waals surface area (Å²) < 4.78 is 0. The van der Waals surface area contributed by atoms with Gasteiger partial charge in [-0.2, -0.15) is 0 Å². The molecule has 3 aromatic rings. The van der Waals surface area contributed by atoms with Gasteiger partial charge in [0.2, 0.25) is 0 Å². The minimum absolute atomic E-state index is 0.0196. The van der Waals surface area contributed by atoms with E-state index in [9.17, 15) is 5.11 Å². The van der Waals surface area contributed by atoms with Gasteiger partial charge < -0.3 is 16.2 Å². The van der Waals surface area contributed by atoms with Crippen LogP contribution in [0.4, 0.5) is 5.82 Å². The van der Waals surface area contributed by atoms with Crippen LogP contribution in [0.15, 0.2) is 36.4 Å². The van der Waals surface area contributed by atoms with Gasteiger partial charge in [-0.15, -0.1) is 0 Å². The van der Waals surface area contributed by atoms with E-state index < -0.39 is 0 Å². The Morgan fingerprint density at radius 3 is 2.72 bits per heavy atom. The normalized spacial score (nSPS) is 12.3. The van der Waals surface area contributed by atoms with Crippen molar-refractivity contribution < 1.29 is 5.11 Å². The molecule has 0 spiro atoms. The van der Waals surface area contributed by atoms with Gasteiger partial charge >= 0.3 is 0 Å².